The van der Waals surface area contributed by atoms with Crippen molar-refractivity contribution in [3.8, 4) is 0 Å². The fourth-order valence-corrected chi connectivity index (χ4v) is 1.02. The Bertz CT molecular complexity index is 304. The van der Waals surface area contributed by atoms with Crippen molar-refractivity contribution in [1.29, 1.82) is 0 Å². The van der Waals surface area contributed by atoms with E-state index < -0.39 is 4.92 Å². The molecule has 0 unspecified atom stereocenters. The highest BCUT2D eigenvalue weighted by atomic mass is 16.6. The van der Waals surface area contributed by atoms with Crippen molar-refractivity contribution < 1.29 is 4.92 Å². The zero-order valence-corrected chi connectivity index (χ0v) is 7.31. The van der Waals surface area contributed by atoms with Gasteiger partial charge < -0.3 is 10.1 Å². The van der Waals surface area contributed by atoms with E-state index in [9.17, 15) is 10.1 Å². The quantitative estimate of drug-likeness (QED) is 0.499. The van der Waals surface area contributed by atoms with Gasteiger partial charge in [0.15, 0.2) is 0 Å². The molecule has 0 atom stereocenters. The molecule has 0 aromatic carbocycles. The summed E-state index contributed by atoms with van der Waals surface area (Å²) in [5.41, 5.74) is 0.676. The second-order valence-electron chi connectivity index (χ2n) is 2.94. The molecule has 0 saturated carbocycles. The Morgan fingerprint density at radius 3 is 2.58 bits per heavy atom. The second-order valence-corrected chi connectivity index (χ2v) is 2.94. The van der Waals surface area contributed by atoms with Crippen LogP contribution in [-0.2, 0) is 0 Å². The minimum Gasteiger partial charge on any atom is -0.358 e. The molecule has 0 spiro atoms. The molecule has 1 rings (SSSR count). The summed E-state index contributed by atoms with van der Waals surface area (Å²) in [7, 11) is 0. The first-order valence-corrected chi connectivity index (χ1v) is 3.73. The van der Waals surface area contributed by atoms with Gasteiger partial charge in [0.1, 0.15) is 6.04 Å². The molecule has 1 aromatic heterocycles. The summed E-state index contributed by atoms with van der Waals surface area (Å²) in [6.45, 7) is 5.46. The highest BCUT2D eigenvalue weighted by Crippen LogP contribution is 2.17. The van der Waals surface area contributed by atoms with Gasteiger partial charge in [-0.05, 0) is 25.7 Å². The highest BCUT2D eigenvalue weighted by Gasteiger charge is 2.18. The molecule has 66 valence electrons. The lowest BCUT2D eigenvalue weighted by atomic mass is 10.4. The summed E-state index contributed by atoms with van der Waals surface area (Å²) in [4.78, 5) is 10.1. The Morgan fingerprint density at radius 1 is 1.67 bits per heavy atom. The monoisotopic (exact) mass is 169 g/mol. The van der Waals surface area contributed by atoms with Crippen molar-refractivity contribution in [3.63, 3.8) is 0 Å². The van der Waals surface area contributed by atoms with E-state index in [0.29, 0.717) is 5.69 Å². The first kappa shape index (κ1) is 8.70. The zero-order valence-electron chi connectivity index (χ0n) is 7.31. The number of aryl methyl sites for hydroxylation is 1. The Labute approximate surface area is 70.2 Å². The average molecular weight is 169 g/mol. The summed E-state index contributed by atoms with van der Waals surface area (Å²) < 4.78 is 1.41. The maximum atomic E-state index is 10.5. The maximum absolute atomic E-state index is 10.5. The second kappa shape index (κ2) is 2.92. The fraction of sp³-hybridized carbons (Fsp3) is 0.571. The van der Waals surface area contributed by atoms with Crippen molar-refractivity contribution in [2.75, 3.05) is 0 Å². The first-order valence-electron chi connectivity index (χ1n) is 3.73. The third-order valence-electron chi connectivity index (χ3n) is 1.51. The molecule has 12 heavy (non-hydrogen) atoms. The Kier molecular flexibility index (Phi) is 2.12. The van der Waals surface area contributed by atoms with Gasteiger partial charge in [-0.2, -0.15) is 0 Å². The Morgan fingerprint density at radius 2 is 2.25 bits per heavy atom. The van der Waals surface area contributed by atoms with E-state index in [1.165, 1.54) is 10.7 Å². The lowest BCUT2D eigenvalue weighted by molar-refractivity contribution is -0.393. The lowest BCUT2D eigenvalue weighted by Crippen LogP contribution is -2.06. The standard InChI is InChI=1S/C7H11N3O2/c1-5(2)9-7(10(11)12)4-6(3)8-9/h4-5H,1-3H3. The number of aromatic nitrogens is 2. The number of rotatable bonds is 2. The minimum atomic E-state index is -0.417. The summed E-state index contributed by atoms with van der Waals surface area (Å²) in [6, 6.07) is 1.50. The van der Waals surface area contributed by atoms with Crippen LogP contribution in [0.1, 0.15) is 25.6 Å². The lowest BCUT2D eigenvalue weighted by Gasteiger charge is -2.00. The molecule has 0 fully saturated rings. The summed E-state index contributed by atoms with van der Waals surface area (Å²) in [5, 5.41) is 14.5. The number of nitrogens with zero attached hydrogens (tertiary/aromatic N) is 3. The molecule has 0 N–H and O–H groups in total. The predicted octanol–water partition coefficient (Wildman–Crippen LogP) is 1.68. The molecule has 1 aromatic rings. The molecule has 0 bridgehead atoms. The molecular formula is C7H11N3O2. The third kappa shape index (κ3) is 1.44. The van der Waals surface area contributed by atoms with Gasteiger partial charge in [-0.3, -0.25) is 0 Å². The molecule has 5 heteroatoms. The minimum absolute atomic E-state index is 0.0269. The molecule has 5 nitrogen and oxygen atoms in total. The van der Waals surface area contributed by atoms with Crippen LogP contribution < -0.4 is 0 Å². The predicted molar refractivity (Wildman–Crippen MR) is 44.0 cm³/mol. The van der Waals surface area contributed by atoms with Gasteiger partial charge in [0.25, 0.3) is 0 Å². The van der Waals surface area contributed by atoms with Crippen LogP contribution >= 0.6 is 0 Å². The molecule has 1 heterocycles. The van der Waals surface area contributed by atoms with Crippen LogP contribution in [-0.4, -0.2) is 14.7 Å². The number of hydrogen-bond acceptors (Lipinski definition) is 3. The van der Waals surface area contributed by atoms with Crippen molar-refractivity contribution in [2.45, 2.75) is 26.8 Å². The summed E-state index contributed by atoms with van der Waals surface area (Å²) in [6.07, 6.45) is 0. The van der Waals surface area contributed by atoms with Crippen LogP contribution in [0.2, 0.25) is 0 Å². The average Bonchev–Trinajstić information content (AvgIpc) is 2.31. The number of hydrogen-bond donors (Lipinski definition) is 0. The Balaban J connectivity index is 3.17. The number of nitro groups is 1. The van der Waals surface area contributed by atoms with Gasteiger partial charge >= 0.3 is 5.82 Å². The van der Waals surface area contributed by atoms with Crippen LogP contribution in [0.3, 0.4) is 0 Å². The topological polar surface area (TPSA) is 61.0 Å². The van der Waals surface area contributed by atoms with Gasteiger partial charge in [0.2, 0.25) is 0 Å². The van der Waals surface area contributed by atoms with Crippen LogP contribution in [0.15, 0.2) is 6.07 Å². The van der Waals surface area contributed by atoms with E-state index >= 15 is 0 Å². The highest BCUT2D eigenvalue weighted by molar-refractivity contribution is 5.22. The van der Waals surface area contributed by atoms with Gasteiger partial charge in [-0.15, -0.1) is 4.68 Å². The van der Waals surface area contributed by atoms with Crippen molar-refractivity contribution in [3.05, 3.63) is 21.9 Å². The molecule has 0 aliphatic heterocycles. The largest absolute Gasteiger partial charge is 0.358 e. The van der Waals surface area contributed by atoms with E-state index in [1.54, 1.807) is 6.92 Å². The summed E-state index contributed by atoms with van der Waals surface area (Å²) >= 11 is 0. The van der Waals surface area contributed by atoms with Crippen LogP contribution in [0.25, 0.3) is 0 Å². The van der Waals surface area contributed by atoms with Gasteiger partial charge in [0, 0.05) is 0 Å². The van der Waals surface area contributed by atoms with Crippen LogP contribution in [0.4, 0.5) is 5.82 Å². The molecular weight excluding hydrogens is 158 g/mol. The smallest absolute Gasteiger partial charge is 0.345 e. The van der Waals surface area contributed by atoms with Crippen molar-refractivity contribution >= 4 is 5.82 Å². The van der Waals surface area contributed by atoms with Crippen LogP contribution in [0.5, 0.6) is 0 Å². The SMILES string of the molecule is Cc1cc([N+](=O)[O-])n(C(C)C)n1. The van der Waals surface area contributed by atoms with E-state index in [-0.39, 0.29) is 11.9 Å². The molecule has 0 aliphatic rings. The zero-order chi connectivity index (χ0) is 9.30. The third-order valence-corrected chi connectivity index (χ3v) is 1.51. The van der Waals surface area contributed by atoms with Crippen molar-refractivity contribution in [2.24, 2.45) is 0 Å². The maximum Gasteiger partial charge on any atom is 0.345 e. The molecule has 0 saturated heterocycles. The van der Waals surface area contributed by atoms with Gasteiger partial charge in [0.05, 0.1) is 11.8 Å². The first-order chi connectivity index (χ1) is 5.52. The van der Waals surface area contributed by atoms with E-state index in [0.717, 1.165) is 0 Å². The van der Waals surface area contributed by atoms with Crippen molar-refractivity contribution in [1.82, 2.24) is 9.78 Å². The fourth-order valence-electron chi connectivity index (χ4n) is 1.02. The molecule has 0 amide bonds. The van der Waals surface area contributed by atoms with E-state index in [1.807, 2.05) is 13.8 Å². The van der Waals surface area contributed by atoms with E-state index in [2.05, 4.69) is 5.10 Å². The van der Waals surface area contributed by atoms with E-state index in [4.69, 9.17) is 0 Å². The Hall–Kier alpha value is -1.39. The van der Waals surface area contributed by atoms with Gasteiger partial charge in [-0.1, -0.05) is 5.10 Å². The molecule has 0 radical (unpaired) electrons. The molecule has 0 aliphatic carbocycles. The normalized spacial score (nSPS) is 10.7. The van der Waals surface area contributed by atoms with Gasteiger partial charge in [-0.25, -0.2) is 0 Å². The summed E-state index contributed by atoms with van der Waals surface area (Å²) in [5.74, 6) is 0.0579. The van der Waals surface area contributed by atoms with Crippen LogP contribution in [0, 0.1) is 17.0 Å².